The van der Waals surface area contributed by atoms with Crippen LogP contribution in [0.3, 0.4) is 0 Å². The fourth-order valence-corrected chi connectivity index (χ4v) is 5.46. The number of likely N-dealkylation sites (N-methyl/N-ethyl adjacent to an activating group) is 1. The van der Waals surface area contributed by atoms with E-state index in [0.29, 0.717) is 6.54 Å². The number of fused-ring (bicyclic) bond motifs is 2. The predicted octanol–water partition coefficient (Wildman–Crippen LogP) is 3.85. The standard InChI is InChI=1S/C28H30N6O2/c1-17-28(35)33(2)12-13-34(17)16-20-11-10-19(15-29-20)25-27-23(31-32-25)14-24(36-3)26(30-27)22-9-5-7-18-6-4-8-21(18)22/h5,7,9-11,14-15,17H,4,6,8,12-13,16H2,1-3H3,(H,31,32)/t17-/m0/s1. The number of ether oxygens (including phenoxy) is 1. The third-order valence-corrected chi connectivity index (χ3v) is 7.59. The molecule has 1 saturated heterocycles. The Hall–Kier alpha value is -3.78. The molecule has 1 N–H and O–H groups in total. The SMILES string of the molecule is COc1cc2[nH]nc(-c3ccc(CN4CCN(C)C(=O)[C@@H]4C)nc3)c2nc1-c1cccc2c1CCC2. The number of benzene rings is 1. The number of hydrogen-bond acceptors (Lipinski definition) is 6. The van der Waals surface area contributed by atoms with Gasteiger partial charge in [-0.1, -0.05) is 18.2 Å². The van der Waals surface area contributed by atoms with Crippen molar-refractivity contribution >= 4 is 16.9 Å². The van der Waals surface area contributed by atoms with Crippen molar-refractivity contribution in [3.8, 4) is 28.3 Å². The number of H-pyrrole nitrogens is 1. The average molecular weight is 483 g/mol. The number of amides is 1. The summed E-state index contributed by atoms with van der Waals surface area (Å²) in [6, 6.07) is 12.4. The predicted molar refractivity (Wildman–Crippen MR) is 139 cm³/mol. The molecule has 0 spiro atoms. The Bertz CT molecular complexity index is 1440. The molecule has 0 unspecified atom stereocenters. The smallest absolute Gasteiger partial charge is 0.239 e. The van der Waals surface area contributed by atoms with Crippen molar-refractivity contribution in [3.63, 3.8) is 0 Å². The average Bonchev–Trinajstić information content (AvgIpc) is 3.55. The van der Waals surface area contributed by atoms with Crippen molar-refractivity contribution in [2.45, 2.75) is 38.8 Å². The maximum Gasteiger partial charge on any atom is 0.239 e. The highest BCUT2D eigenvalue weighted by atomic mass is 16.5. The van der Waals surface area contributed by atoms with Crippen molar-refractivity contribution in [2.24, 2.45) is 0 Å². The van der Waals surface area contributed by atoms with Crippen LogP contribution in [0.25, 0.3) is 33.5 Å². The zero-order valence-electron chi connectivity index (χ0n) is 20.9. The normalized spacial score (nSPS) is 18.1. The molecule has 8 nitrogen and oxygen atoms in total. The summed E-state index contributed by atoms with van der Waals surface area (Å²) in [5, 5.41) is 7.70. The molecule has 184 valence electrons. The molecule has 1 aliphatic heterocycles. The second kappa shape index (κ2) is 9.02. The van der Waals surface area contributed by atoms with Crippen LogP contribution in [-0.2, 0) is 24.2 Å². The Labute approximate surface area is 210 Å². The van der Waals surface area contributed by atoms with Gasteiger partial charge in [-0.25, -0.2) is 4.98 Å². The van der Waals surface area contributed by atoms with Gasteiger partial charge in [0.1, 0.15) is 22.7 Å². The van der Waals surface area contributed by atoms with Crippen LogP contribution >= 0.6 is 0 Å². The fourth-order valence-electron chi connectivity index (χ4n) is 5.46. The molecule has 4 heterocycles. The second-order valence-electron chi connectivity index (χ2n) is 9.75. The maximum absolute atomic E-state index is 12.3. The van der Waals surface area contributed by atoms with Gasteiger partial charge in [-0.05, 0) is 49.4 Å². The molecule has 2 aliphatic rings. The van der Waals surface area contributed by atoms with Gasteiger partial charge in [-0.2, -0.15) is 5.10 Å². The highest BCUT2D eigenvalue weighted by Crippen LogP contribution is 2.38. The number of rotatable bonds is 5. The van der Waals surface area contributed by atoms with E-state index in [9.17, 15) is 4.79 Å². The fraction of sp³-hybridized carbons (Fsp3) is 0.357. The van der Waals surface area contributed by atoms with Gasteiger partial charge in [0.25, 0.3) is 0 Å². The summed E-state index contributed by atoms with van der Waals surface area (Å²) < 4.78 is 5.74. The Morgan fingerprint density at radius 2 is 2.03 bits per heavy atom. The molecular formula is C28H30N6O2. The van der Waals surface area contributed by atoms with Crippen LogP contribution in [0, 0.1) is 0 Å². The van der Waals surface area contributed by atoms with Crippen molar-refractivity contribution < 1.29 is 9.53 Å². The van der Waals surface area contributed by atoms with Crippen molar-refractivity contribution in [2.75, 3.05) is 27.2 Å². The first-order chi connectivity index (χ1) is 17.5. The van der Waals surface area contributed by atoms with E-state index in [1.807, 2.05) is 38.4 Å². The molecule has 0 saturated carbocycles. The van der Waals surface area contributed by atoms with Crippen LogP contribution in [0.4, 0.5) is 0 Å². The molecule has 6 rings (SSSR count). The molecule has 1 aromatic carbocycles. The Morgan fingerprint density at radius 1 is 1.14 bits per heavy atom. The van der Waals surface area contributed by atoms with E-state index in [4.69, 9.17) is 14.7 Å². The zero-order valence-corrected chi connectivity index (χ0v) is 20.9. The van der Waals surface area contributed by atoms with Gasteiger partial charge in [0.05, 0.1) is 24.4 Å². The van der Waals surface area contributed by atoms with Gasteiger partial charge in [0.15, 0.2) is 0 Å². The van der Waals surface area contributed by atoms with Gasteiger partial charge in [0, 0.05) is 50.1 Å². The highest BCUT2D eigenvalue weighted by molar-refractivity contribution is 5.93. The molecule has 1 amide bonds. The van der Waals surface area contributed by atoms with Gasteiger partial charge in [0.2, 0.25) is 5.91 Å². The molecule has 1 atom stereocenters. The maximum atomic E-state index is 12.3. The van der Waals surface area contributed by atoms with Crippen molar-refractivity contribution in [1.29, 1.82) is 0 Å². The number of nitrogens with zero attached hydrogens (tertiary/aromatic N) is 5. The van der Waals surface area contributed by atoms with E-state index < -0.39 is 0 Å². The van der Waals surface area contributed by atoms with Crippen molar-refractivity contribution in [1.82, 2.24) is 30.0 Å². The van der Waals surface area contributed by atoms with Gasteiger partial charge in [-0.15, -0.1) is 0 Å². The van der Waals surface area contributed by atoms with E-state index in [1.165, 1.54) is 17.5 Å². The summed E-state index contributed by atoms with van der Waals surface area (Å²) in [5.41, 5.74) is 8.98. The van der Waals surface area contributed by atoms with E-state index >= 15 is 0 Å². The molecule has 1 fully saturated rings. The molecule has 0 bridgehead atoms. The molecule has 1 aliphatic carbocycles. The summed E-state index contributed by atoms with van der Waals surface area (Å²) in [5.74, 6) is 0.893. The first kappa shape index (κ1) is 22.7. The lowest BCUT2D eigenvalue weighted by molar-refractivity contribution is -0.139. The van der Waals surface area contributed by atoms with E-state index in [1.54, 1.807) is 12.0 Å². The number of piperazine rings is 1. The molecule has 0 radical (unpaired) electrons. The first-order valence-electron chi connectivity index (χ1n) is 12.5. The van der Waals surface area contributed by atoms with Crippen LogP contribution in [0.2, 0.25) is 0 Å². The summed E-state index contributed by atoms with van der Waals surface area (Å²) in [7, 11) is 3.54. The summed E-state index contributed by atoms with van der Waals surface area (Å²) >= 11 is 0. The minimum atomic E-state index is -0.141. The van der Waals surface area contributed by atoms with Crippen LogP contribution in [0.5, 0.6) is 5.75 Å². The number of carbonyl (C=O) groups is 1. The minimum Gasteiger partial charge on any atom is -0.494 e. The third kappa shape index (κ3) is 3.82. The summed E-state index contributed by atoms with van der Waals surface area (Å²) in [4.78, 5) is 26.1. The first-order valence-corrected chi connectivity index (χ1v) is 12.5. The number of aromatic nitrogens is 4. The zero-order chi connectivity index (χ0) is 24.8. The Kier molecular flexibility index (Phi) is 5.68. The van der Waals surface area contributed by atoms with Crippen LogP contribution in [0.15, 0.2) is 42.6 Å². The van der Waals surface area contributed by atoms with E-state index in [-0.39, 0.29) is 11.9 Å². The number of pyridine rings is 2. The van der Waals surface area contributed by atoms with E-state index in [2.05, 4.69) is 33.3 Å². The minimum absolute atomic E-state index is 0.141. The molecule has 4 aromatic rings. The van der Waals surface area contributed by atoms with Gasteiger partial charge < -0.3 is 9.64 Å². The number of methoxy groups -OCH3 is 1. The molecule has 3 aromatic heterocycles. The lowest BCUT2D eigenvalue weighted by Gasteiger charge is -2.37. The highest BCUT2D eigenvalue weighted by Gasteiger charge is 2.29. The number of hydrogen-bond donors (Lipinski definition) is 1. The quantitative estimate of drug-likeness (QED) is 0.465. The lowest BCUT2D eigenvalue weighted by Crippen LogP contribution is -2.53. The van der Waals surface area contributed by atoms with Gasteiger partial charge >= 0.3 is 0 Å². The van der Waals surface area contributed by atoms with Crippen LogP contribution < -0.4 is 4.74 Å². The van der Waals surface area contributed by atoms with Crippen molar-refractivity contribution in [3.05, 3.63) is 59.4 Å². The number of nitrogens with one attached hydrogen (secondary N) is 1. The van der Waals surface area contributed by atoms with Crippen LogP contribution in [-0.4, -0.2) is 69.2 Å². The topological polar surface area (TPSA) is 87.2 Å². The lowest BCUT2D eigenvalue weighted by atomic mass is 9.99. The second-order valence-corrected chi connectivity index (χ2v) is 9.75. The number of aromatic amines is 1. The largest absolute Gasteiger partial charge is 0.494 e. The monoisotopic (exact) mass is 482 g/mol. The molecule has 36 heavy (non-hydrogen) atoms. The number of aryl methyl sites for hydroxylation is 1. The molecule has 8 heteroatoms. The van der Waals surface area contributed by atoms with E-state index in [0.717, 1.165) is 70.9 Å². The van der Waals surface area contributed by atoms with Gasteiger partial charge in [-0.3, -0.25) is 19.8 Å². The Morgan fingerprint density at radius 3 is 2.83 bits per heavy atom. The summed E-state index contributed by atoms with van der Waals surface area (Å²) in [6.45, 7) is 4.18. The Balaban J connectivity index is 1.33. The number of carbonyl (C=O) groups excluding carboxylic acids is 1. The summed E-state index contributed by atoms with van der Waals surface area (Å²) in [6.07, 6.45) is 5.20. The van der Waals surface area contributed by atoms with Crippen LogP contribution in [0.1, 0.15) is 30.2 Å². The third-order valence-electron chi connectivity index (χ3n) is 7.59. The molecular weight excluding hydrogens is 452 g/mol.